The van der Waals surface area contributed by atoms with E-state index < -0.39 is 26.6 Å². The molecule has 0 aromatic rings. The maximum absolute atomic E-state index is 12.9. The summed E-state index contributed by atoms with van der Waals surface area (Å²) >= 11 is 0. The van der Waals surface area contributed by atoms with E-state index in [1.807, 2.05) is 27.2 Å². The van der Waals surface area contributed by atoms with Crippen LogP contribution in [0.3, 0.4) is 0 Å². The number of likely N-dealkylation sites (N-methyl/N-ethyl adjacent to an activating group) is 1. The van der Waals surface area contributed by atoms with Crippen LogP contribution in [0.15, 0.2) is 72.9 Å². The molecule has 0 rings (SSSR count). The molecule has 3 atom stereocenters. The number of hydrogen-bond acceptors (Lipinski definition) is 6. The minimum absolute atomic E-state index is 0.0129. The van der Waals surface area contributed by atoms with Crippen molar-refractivity contribution in [2.45, 2.75) is 212 Å². The number of carbonyl (C=O) groups excluding carboxylic acids is 1. The fourth-order valence-corrected chi connectivity index (χ4v) is 7.38. The van der Waals surface area contributed by atoms with Crippen LogP contribution in [0.25, 0.3) is 0 Å². The third kappa shape index (κ3) is 45.8. The largest absolute Gasteiger partial charge is 0.756 e. The van der Waals surface area contributed by atoms with Crippen LogP contribution in [0.2, 0.25) is 0 Å². The smallest absolute Gasteiger partial charge is 0.268 e. The van der Waals surface area contributed by atoms with Crippen molar-refractivity contribution in [3.05, 3.63) is 72.9 Å². The number of allylic oxidation sites excluding steroid dienone is 11. The van der Waals surface area contributed by atoms with Gasteiger partial charge in [-0.25, -0.2) is 0 Å². The standard InChI is InChI=1S/C52H95N2O6P/c1-6-8-10-12-14-16-18-20-22-23-24-25-26-27-28-29-30-31-32-34-36-38-40-42-44-46-52(56)53-50(49-60-61(57,58)59-48-47-54(3,4)5)51(55)45-43-41-39-37-35-33-21-19-17-15-13-11-9-7-2/h17-20,23-24,26-27,35,37,43,45,50-51,55H,6-16,21-22,25,28-34,36,38-42,44,46-49H2,1-5H3,(H-,53,56,57,58)/b19-17+,20-18-,24-23-,27-26-,37-35+,45-43+. The molecular weight excluding hydrogens is 780 g/mol. The summed E-state index contributed by atoms with van der Waals surface area (Å²) in [6.07, 6.45) is 58.1. The van der Waals surface area contributed by atoms with Gasteiger partial charge in [0.15, 0.2) is 0 Å². The number of aliphatic hydroxyl groups excluding tert-OH is 1. The Labute approximate surface area is 376 Å². The van der Waals surface area contributed by atoms with Crippen LogP contribution in [0.4, 0.5) is 0 Å². The molecule has 0 saturated heterocycles. The Kier molecular flexibility index (Phi) is 41.7. The van der Waals surface area contributed by atoms with Gasteiger partial charge in [0.25, 0.3) is 7.82 Å². The lowest BCUT2D eigenvalue weighted by atomic mass is 10.0. The zero-order valence-electron chi connectivity index (χ0n) is 40.1. The number of phosphoric acid groups is 1. The first-order valence-corrected chi connectivity index (χ1v) is 26.3. The van der Waals surface area contributed by atoms with Crippen LogP contribution < -0.4 is 10.2 Å². The first kappa shape index (κ1) is 58.9. The number of hydrogen-bond donors (Lipinski definition) is 2. The second-order valence-corrected chi connectivity index (χ2v) is 19.2. The summed E-state index contributed by atoms with van der Waals surface area (Å²) in [4.78, 5) is 25.4. The average Bonchev–Trinajstić information content (AvgIpc) is 3.21. The molecule has 1 amide bonds. The minimum atomic E-state index is -4.61. The van der Waals surface area contributed by atoms with Gasteiger partial charge in [-0.15, -0.1) is 0 Å². The molecule has 354 valence electrons. The average molecular weight is 875 g/mol. The maximum Gasteiger partial charge on any atom is 0.268 e. The van der Waals surface area contributed by atoms with Gasteiger partial charge in [-0.2, -0.15) is 0 Å². The lowest BCUT2D eigenvalue weighted by molar-refractivity contribution is -0.870. The topological polar surface area (TPSA) is 108 Å². The number of nitrogens with zero attached hydrogens (tertiary/aromatic N) is 1. The number of amides is 1. The molecule has 0 saturated carbocycles. The predicted molar refractivity (Wildman–Crippen MR) is 260 cm³/mol. The summed E-state index contributed by atoms with van der Waals surface area (Å²) in [5.74, 6) is -0.219. The molecule has 8 nitrogen and oxygen atoms in total. The van der Waals surface area contributed by atoms with Gasteiger partial charge in [-0.1, -0.05) is 183 Å². The van der Waals surface area contributed by atoms with Crippen LogP contribution >= 0.6 is 7.82 Å². The van der Waals surface area contributed by atoms with E-state index in [0.29, 0.717) is 17.4 Å². The van der Waals surface area contributed by atoms with Gasteiger partial charge < -0.3 is 28.8 Å². The van der Waals surface area contributed by atoms with Crippen LogP contribution in [0.1, 0.15) is 200 Å². The Morgan fingerprint density at radius 3 is 1.46 bits per heavy atom. The first-order chi connectivity index (χ1) is 29.5. The predicted octanol–water partition coefficient (Wildman–Crippen LogP) is 13.7. The van der Waals surface area contributed by atoms with Gasteiger partial charge in [0.05, 0.1) is 39.9 Å². The number of unbranched alkanes of at least 4 members (excludes halogenated alkanes) is 21. The fraction of sp³-hybridized carbons (Fsp3) is 0.750. The van der Waals surface area contributed by atoms with Crippen molar-refractivity contribution in [1.29, 1.82) is 0 Å². The van der Waals surface area contributed by atoms with E-state index in [1.54, 1.807) is 6.08 Å². The Bertz CT molecular complexity index is 1220. The fourth-order valence-electron chi connectivity index (χ4n) is 6.66. The van der Waals surface area contributed by atoms with Crippen molar-refractivity contribution >= 4 is 13.7 Å². The molecule has 2 N–H and O–H groups in total. The Hall–Kier alpha value is -2.06. The number of aliphatic hydroxyl groups is 1. The van der Waals surface area contributed by atoms with Crippen molar-refractivity contribution < 1.29 is 32.9 Å². The Balaban J connectivity index is 4.33. The van der Waals surface area contributed by atoms with Crippen LogP contribution in [-0.2, 0) is 18.4 Å². The monoisotopic (exact) mass is 875 g/mol. The van der Waals surface area contributed by atoms with Crippen molar-refractivity contribution in [3.8, 4) is 0 Å². The first-order valence-electron chi connectivity index (χ1n) is 24.8. The number of carbonyl (C=O) groups is 1. The van der Waals surface area contributed by atoms with Crippen molar-refractivity contribution in [3.63, 3.8) is 0 Å². The summed E-state index contributed by atoms with van der Waals surface area (Å²) in [5, 5.41) is 13.8. The molecule has 0 heterocycles. The Morgan fingerprint density at radius 1 is 0.574 bits per heavy atom. The molecule has 0 bridgehead atoms. The molecule has 0 aromatic carbocycles. The third-order valence-electron chi connectivity index (χ3n) is 10.6. The zero-order valence-corrected chi connectivity index (χ0v) is 41.0. The highest BCUT2D eigenvalue weighted by Gasteiger charge is 2.23. The molecule has 0 fully saturated rings. The molecule has 61 heavy (non-hydrogen) atoms. The summed E-state index contributed by atoms with van der Waals surface area (Å²) in [7, 11) is 1.22. The van der Waals surface area contributed by atoms with Gasteiger partial charge >= 0.3 is 0 Å². The Morgan fingerprint density at radius 2 is 0.967 bits per heavy atom. The van der Waals surface area contributed by atoms with Gasteiger partial charge in [0.2, 0.25) is 5.91 Å². The molecule has 0 aromatic heterocycles. The molecule has 9 heteroatoms. The summed E-state index contributed by atoms with van der Waals surface area (Å²) in [6.45, 7) is 4.57. The quantitative estimate of drug-likeness (QED) is 0.0273. The van der Waals surface area contributed by atoms with E-state index in [-0.39, 0.29) is 12.5 Å². The minimum Gasteiger partial charge on any atom is -0.756 e. The second-order valence-electron chi connectivity index (χ2n) is 17.8. The third-order valence-corrected chi connectivity index (χ3v) is 11.6. The highest BCUT2D eigenvalue weighted by molar-refractivity contribution is 7.45. The molecule has 3 unspecified atom stereocenters. The number of rotatable bonds is 44. The van der Waals surface area contributed by atoms with Crippen molar-refractivity contribution in [2.24, 2.45) is 0 Å². The lowest BCUT2D eigenvalue weighted by Crippen LogP contribution is -2.45. The van der Waals surface area contributed by atoms with Gasteiger partial charge in [0, 0.05) is 6.42 Å². The van der Waals surface area contributed by atoms with E-state index in [9.17, 15) is 19.4 Å². The van der Waals surface area contributed by atoms with Crippen LogP contribution in [0.5, 0.6) is 0 Å². The van der Waals surface area contributed by atoms with Crippen molar-refractivity contribution in [1.82, 2.24) is 5.32 Å². The van der Waals surface area contributed by atoms with E-state index in [4.69, 9.17) is 9.05 Å². The zero-order chi connectivity index (χ0) is 45.0. The van der Waals surface area contributed by atoms with Crippen LogP contribution in [-0.4, -0.2) is 68.5 Å². The SMILES string of the molecule is CCCCCC/C=C/CC/C=C/CC/C=C/C(O)C(COP(=O)([O-])OCC[N+](C)(C)C)NC(=O)CCCCCCCCCCCC/C=C\C/C=C\C/C=C\CCCCCCC. The summed E-state index contributed by atoms with van der Waals surface area (Å²) in [5.41, 5.74) is 0. The van der Waals surface area contributed by atoms with Gasteiger partial charge in [-0.3, -0.25) is 9.36 Å². The molecule has 0 aliphatic rings. The number of quaternary nitrogens is 1. The normalized spacial score (nSPS) is 14.8. The molecule has 0 spiro atoms. The summed E-state index contributed by atoms with van der Waals surface area (Å²) in [6, 6.07) is -0.914. The van der Waals surface area contributed by atoms with Gasteiger partial charge in [0.1, 0.15) is 13.2 Å². The van der Waals surface area contributed by atoms with E-state index in [1.165, 1.54) is 116 Å². The van der Waals surface area contributed by atoms with E-state index in [2.05, 4.69) is 79.9 Å². The van der Waals surface area contributed by atoms with Crippen molar-refractivity contribution in [2.75, 3.05) is 40.9 Å². The number of nitrogens with one attached hydrogen (secondary N) is 1. The lowest BCUT2D eigenvalue weighted by Gasteiger charge is -2.29. The van der Waals surface area contributed by atoms with E-state index >= 15 is 0 Å². The molecule has 0 radical (unpaired) electrons. The highest BCUT2D eigenvalue weighted by atomic mass is 31.2. The number of phosphoric ester groups is 1. The molecule has 0 aliphatic heterocycles. The van der Waals surface area contributed by atoms with Crippen LogP contribution in [0, 0.1) is 0 Å². The highest BCUT2D eigenvalue weighted by Crippen LogP contribution is 2.38. The molecular formula is C52H95N2O6P. The molecule has 0 aliphatic carbocycles. The maximum atomic E-state index is 12.9. The second kappa shape index (κ2) is 43.2. The summed E-state index contributed by atoms with van der Waals surface area (Å²) < 4.78 is 23.2. The van der Waals surface area contributed by atoms with Gasteiger partial charge in [-0.05, 0) is 83.5 Å². The van der Waals surface area contributed by atoms with E-state index in [0.717, 1.165) is 64.2 Å².